The van der Waals surface area contributed by atoms with E-state index < -0.39 is 5.91 Å². The minimum absolute atomic E-state index is 0.127. The largest absolute Gasteiger partial charge is 0.380 e. The molecule has 0 unspecified atom stereocenters. The van der Waals surface area contributed by atoms with Gasteiger partial charge < -0.3 is 10.1 Å². The van der Waals surface area contributed by atoms with Crippen molar-refractivity contribution in [3.05, 3.63) is 69.5 Å². The first kappa shape index (κ1) is 16.9. The van der Waals surface area contributed by atoms with Crippen LogP contribution >= 0.6 is 0 Å². The van der Waals surface area contributed by atoms with Crippen LogP contribution in [0.15, 0.2) is 47.3 Å². The zero-order valence-corrected chi connectivity index (χ0v) is 14.4. The lowest BCUT2D eigenvalue weighted by Gasteiger charge is -2.10. The molecular formula is C19H19N3O3. The molecule has 128 valence electrons. The molecule has 0 saturated carbocycles. The van der Waals surface area contributed by atoms with Crippen molar-refractivity contribution in [2.75, 3.05) is 12.4 Å². The van der Waals surface area contributed by atoms with Crippen LogP contribution in [0.5, 0.6) is 0 Å². The zero-order chi connectivity index (χ0) is 18.0. The van der Waals surface area contributed by atoms with Gasteiger partial charge in [-0.3, -0.25) is 14.3 Å². The molecule has 1 amide bonds. The Morgan fingerprint density at radius 3 is 2.80 bits per heavy atom. The van der Waals surface area contributed by atoms with E-state index in [1.807, 2.05) is 31.2 Å². The summed E-state index contributed by atoms with van der Waals surface area (Å²) in [6.45, 7) is 2.35. The summed E-state index contributed by atoms with van der Waals surface area (Å²) in [6, 6.07) is 12.8. The van der Waals surface area contributed by atoms with Crippen molar-refractivity contribution >= 4 is 22.5 Å². The van der Waals surface area contributed by atoms with E-state index in [4.69, 9.17) is 4.74 Å². The molecule has 0 bridgehead atoms. The van der Waals surface area contributed by atoms with Gasteiger partial charge >= 0.3 is 0 Å². The lowest BCUT2D eigenvalue weighted by Crippen LogP contribution is -2.26. The average molecular weight is 337 g/mol. The third kappa shape index (κ3) is 3.44. The van der Waals surface area contributed by atoms with E-state index in [0.717, 1.165) is 11.1 Å². The maximum Gasteiger partial charge on any atom is 0.280 e. The van der Waals surface area contributed by atoms with Crippen LogP contribution < -0.4 is 10.7 Å². The molecule has 6 heteroatoms. The molecule has 0 saturated heterocycles. The van der Waals surface area contributed by atoms with Gasteiger partial charge in [0.25, 0.3) is 5.91 Å². The molecule has 1 aromatic heterocycles. The van der Waals surface area contributed by atoms with Gasteiger partial charge in [-0.25, -0.2) is 0 Å². The summed E-state index contributed by atoms with van der Waals surface area (Å²) in [5.41, 5.74) is 2.66. The van der Waals surface area contributed by atoms with Crippen molar-refractivity contribution < 1.29 is 9.53 Å². The quantitative estimate of drug-likeness (QED) is 0.794. The highest BCUT2D eigenvalue weighted by Crippen LogP contribution is 2.14. The van der Waals surface area contributed by atoms with Crippen molar-refractivity contribution in [2.24, 2.45) is 7.05 Å². The van der Waals surface area contributed by atoms with Crippen LogP contribution in [0.3, 0.4) is 0 Å². The number of amides is 1. The van der Waals surface area contributed by atoms with Gasteiger partial charge in [0, 0.05) is 19.8 Å². The van der Waals surface area contributed by atoms with Gasteiger partial charge in [-0.05, 0) is 36.8 Å². The molecule has 0 atom stereocenters. The number of carbonyl (C=O) groups is 1. The standard InChI is InChI=1S/C19H19N3O3/c1-12-7-8-16-15(9-12)18(23)17(21-22(16)2)19(24)20-14-6-4-5-13(10-14)11-25-3/h4-10H,11H2,1-3H3,(H,20,24). The van der Waals surface area contributed by atoms with E-state index in [9.17, 15) is 9.59 Å². The minimum atomic E-state index is -0.529. The number of ether oxygens (including phenoxy) is 1. The first-order chi connectivity index (χ1) is 12.0. The number of nitrogens with zero attached hydrogens (tertiary/aromatic N) is 2. The van der Waals surface area contributed by atoms with E-state index in [2.05, 4.69) is 10.4 Å². The van der Waals surface area contributed by atoms with Gasteiger partial charge in [-0.15, -0.1) is 0 Å². The molecule has 0 aliphatic rings. The van der Waals surface area contributed by atoms with Crippen LogP contribution in [0.1, 0.15) is 21.6 Å². The second kappa shape index (κ2) is 6.86. The van der Waals surface area contributed by atoms with E-state index >= 15 is 0 Å². The molecule has 6 nitrogen and oxygen atoms in total. The number of methoxy groups -OCH3 is 1. The van der Waals surface area contributed by atoms with Crippen LogP contribution in [-0.4, -0.2) is 22.8 Å². The number of hydrogen-bond donors (Lipinski definition) is 1. The second-order valence-corrected chi connectivity index (χ2v) is 5.91. The topological polar surface area (TPSA) is 73.2 Å². The summed E-state index contributed by atoms with van der Waals surface area (Å²) >= 11 is 0. The number of benzene rings is 2. The maximum atomic E-state index is 12.7. The zero-order valence-electron chi connectivity index (χ0n) is 14.4. The fourth-order valence-electron chi connectivity index (χ4n) is 2.74. The Labute approximate surface area is 145 Å². The van der Waals surface area contributed by atoms with Crippen molar-refractivity contribution in [3.63, 3.8) is 0 Å². The van der Waals surface area contributed by atoms with Crippen LogP contribution in [0.2, 0.25) is 0 Å². The Hall–Kier alpha value is -2.99. The first-order valence-corrected chi connectivity index (χ1v) is 7.86. The third-order valence-electron chi connectivity index (χ3n) is 3.92. The summed E-state index contributed by atoms with van der Waals surface area (Å²) in [7, 11) is 3.32. The van der Waals surface area contributed by atoms with Gasteiger partial charge in [0.15, 0.2) is 5.69 Å². The minimum Gasteiger partial charge on any atom is -0.380 e. The Kier molecular flexibility index (Phi) is 4.63. The normalized spacial score (nSPS) is 10.8. The molecular weight excluding hydrogens is 318 g/mol. The van der Waals surface area contributed by atoms with E-state index in [1.54, 1.807) is 37.0 Å². The van der Waals surface area contributed by atoms with Gasteiger partial charge in [-0.1, -0.05) is 23.8 Å². The van der Waals surface area contributed by atoms with Gasteiger partial charge in [0.05, 0.1) is 17.5 Å². The molecule has 0 radical (unpaired) electrons. The molecule has 2 aromatic carbocycles. The monoisotopic (exact) mass is 337 g/mol. The summed E-state index contributed by atoms with van der Waals surface area (Å²) in [5, 5.41) is 7.37. The lowest BCUT2D eigenvalue weighted by atomic mass is 10.1. The molecule has 3 rings (SSSR count). The fourth-order valence-corrected chi connectivity index (χ4v) is 2.74. The van der Waals surface area contributed by atoms with Crippen LogP contribution in [0.25, 0.3) is 10.9 Å². The highest BCUT2D eigenvalue weighted by molar-refractivity contribution is 6.04. The van der Waals surface area contributed by atoms with Crippen LogP contribution in [0, 0.1) is 6.92 Å². The molecule has 0 fully saturated rings. The Bertz CT molecular complexity index is 1010. The lowest BCUT2D eigenvalue weighted by molar-refractivity contribution is 0.101. The Morgan fingerprint density at radius 2 is 2.04 bits per heavy atom. The highest BCUT2D eigenvalue weighted by Gasteiger charge is 2.17. The number of nitrogens with one attached hydrogen (secondary N) is 1. The van der Waals surface area contributed by atoms with E-state index in [0.29, 0.717) is 23.2 Å². The van der Waals surface area contributed by atoms with Crippen molar-refractivity contribution in [1.82, 2.24) is 9.78 Å². The molecule has 1 heterocycles. The van der Waals surface area contributed by atoms with Gasteiger partial charge in [0.2, 0.25) is 5.43 Å². The van der Waals surface area contributed by atoms with Crippen LogP contribution in [-0.2, 0) is 18.4 Å². The molecule has 25 heavy (non-hydrogen) atoms. The third-order valence-corrected chi connectivity index (χ3v) is 3.92. The highest BCUT2D eigenvalue weighted by atomic mass is 16.5. The number of carbonyl (C=O) groups excluding carboxylic acids is 1. The molecule has 3 aromatic rings. The summed E-state index contributed by atoms with van der Waals surface area (Å²) in [5.74, 6) is -0.529. The smallest absolute Gasteiger partial charge is 0.280 e. The summed E-state index contributed by atoms with van der Waals surface area (Å²) in [6.07, 6.45) is 0. The molecule has 0 aliphatic carbocycles. The van der Waals surface area contributed by atoms with Gasteiger partial charge in [-0.2, -0.15) is 5.10 Å². The number of aryl methyl sites for hydroxylation is 2. The number of fused-ring (bicyclic) bond motifs is 1. The van der Waals surface area contributed by atoms with Gasteiger partial charge in [0.1, 0.15) is 0 Å². The average Bonchev–Trinajstić information content (AvgIpc) is 2.58. The van der Waals surface area contributed by atoms with Crippen molar-refractivity contribution in [1.29, 1.82) is 0 Å². The summed E-state index contributed by atoms with van der Waals surface area (Å²) < 4.78 is 6.64. The first-order valence-electron chi connectivity index (χ1n) is 7.86. The summed E-state index contributed by atoms with van der Waals surface area (Å²) in [4.78, 5) is 25.2. The predicted octanol–water partition coefficient (Wildman–Crippen LogP) is 2.64. The van der Waals surface area contributed by atoms with Crippen molar-refractivity contribution in [3.8, 4) is 0 Å². The maximum absolute atomic E-state index is 12.7. The SMILES string of the molecule is COCc1cccc(NC(=O)c2nn(C)c3ccc(C)cc3c2=O)c1. The molecule has 0 spiro atoms. The molecule has 1 N–H and O–H groups in total. The fraction of sp³-hybridized carbons (Fsp3) is 0.211. The Balaban J connectivity index is 1.99. The number of hydrogen-bond acceptors (Lipinski definition) is 4. The second-order valence-electron chi connectivity index (χ2n) is 5.91. The number of rotatable bonds is 4. The number of aromatic nitrogens is 2. The van der Waals surface area contributed by atoms with E-state index in [1.165, 1.54) is 0 Å². The van der Waals surface area contributed by atoms with Crippen LogP contribution in [0.4, 0.5) is 5.69 Å². The Morgan fingerprint density at radius 1 is 1.24 bits per heavy atom. The van der Waals surface area contributed by atoms with E-state index in [-0.39, 0.29) is 11.1 Å². The van der Waals surface area contributed by atoms with Crippen molar-refractivity contribution in [2.45, 2.75) is 13.5 Å². The predicted molar refractivity (Wildman–Crippen MR) is 96.8 cm³/mol. The number of anilines is 1. The molecule has 0 aliphatic heterocycles.